The zero-order chi connectivity index (χ0) is 14.5. The summed E-state index contributed by atoms with van der Waals surface area (Å²) in [5, 5.41) is 11.2. The number of rotatable bonds is 5. The van der Waals surface area contributed by atoms with E-state index < -0.39 is 0 Å². The van der Waals surface area contributed by atoms with Gasteiger partial charge in [-0.15, -0.1) is 5.10 Å². The van der Waals surface area contributed by atoms with Gasteiger partial charge in [0, 0.05) is 12.1 Å². The van der Waals surface area contributed by atoms with E-state index in [1.54, 1.807) is 18.3 Å². The molecule has 0 fully saturated rings. The zero-order valence-corrected chi connectivity index (χ0v) is 12.5. The van der Waals surface area contributed by atoms with Gasteiger partial charge in [0.25, 0.3) is 0 Å². The van der Waals surface area contributed by atoms with Crippen LogP contribution < -0.4 is 5.32 Å². The minimum Gasteiger partial charge on any atom is -0.408 e. The van der Waals surface area contributed by atoms with Crippen molar-refractivity contribution in [2.75, 3.05) is 11.1 Å². The second-order valence-corrected chi connectivity index (χ2v) is 5.60. The number of hydrogen-bond acceptors (Lipinski definition) is 6. The van der Waals surface area contributed by atoms with Crippen LogP contribution >= 0.6 is 23.4 Å². The molecule has 0 aliphatic carbocycles. The van der Waals surface area contributed by atoms with Crippen molar-refractivity contribution in [2.45, 2.75) is 24.8 Å². The average molecular weight is 313 g/mol. The van der Waals surface area contributed by atoms with Crippen molar-refractivity contribution >= 4 is 35.3 Å². The van der Waals surface area contributed by atoms with E-state index in [-0.39, 0.29) is 23.6 Å². The minimum absolute atomic E-state index is 0.103. The molecule has 106 valence electrons. The lowest BCUT2D eigenvalue weighted by Crippen LogP contribution is -2.14. The first kappa shape index (κ1) is 14.8. The summed E-state index contributed by atoms with van der Waals surface area (Å²) in [5.74, 6) is 0.516. The van der Waals surface area contributed by atoms with Gasteiger partial charge in [0.05, 0.1) is 10.8 Å². The van der Waals surface area contributed by atoms with Crippen LogP contribution in [0, 0.1) is 0 Å². The summed E-state index contributed by atoms with van der Waals surface area (Å²) in [5.41, 5.74) is 0. The van der Waals surface area contributed by atoms with Crippen LogP contribution in [0.25, 0.3) is 0 Å². The molecule has 20 heavy (non-hydrogen) atoms. The minimum atomic E-state index is -0.254. The number of pyridine rings is 1. The lowest BCUT2D eigenvalue weighted by molar-refractivity contribution is -0.113. The third-order valence-electron chi connectivity index (χ3n) is 2.25. The number of nitrogens with one attached hydrogen (secondary N) is 1. The monoisotopic (exact) mass is 312 g/mol. The molecule has 0 radical (unpaired) electrons. The molecular weight excluding hydrogens is 300 g/mol. The number of amides is 1. The first-order valence-electron chi connectivity index (χ1n) is 5.93. The maximum absolute atomic E-state index is 11.7. The van der Waals surface area contributed by atoms with E-state index >= 15 is 0 Å². The molecule has 1 amide bonds. The summed E-state index contributed by atoms with van der Waals surface area (Å²) in [4.78, 5) is 15.8. The number of thioether (sulfide) groups is 1. The number of nitrogens with zero attached hydrogens (tertiary/aromatic N) is 3. The van der Waals surface area contributed by atoms with E-state index in [9.17, 15) is 4.79 Å². The molecule has 2 aromatic rings. The number of aromatic nitrogens is 3. The number of carbonyl (C=O) groups excluding carboxylic acids is 1. The lowest BCUT2D eigenvalue weighted by Gasteiger charge is -2.02. The van der Waals surface area contributed by atoms with Crippen LogP contribution in [0.4, 0.5) is 6.01 Å². The van der Waals surface area contributed by atoms with E-state index in [1.807, 2.05) is 13.8 Å². The van der Waals surface area contributed by atoms with Gasteiger partial charge in [-0.05, 0) is 12.1 Å². The Labute approximate surface area is 125 Å². The van der Waals surface area contributed by atoms with Gasteiger partial charge in [-0.1, -0.05) is 42.3 Å². The van der Waals surface area contributed by atoms with Gasteiger partial charge in [-0.2, -0.15) is 0 Å². The van der Waals surface area contributed by atoms with Crippen LogP contribution in [0.2, 0.25) is 5.02 Å². The Morgan fingerprint density at radius 2 is 2.30 bits per heavy atom. The van der Waals surface area contributed by atoms with Gasteiger partial charge < -0.3 is 4.42 Å². The van der Waals surface area contributed by atoms with Gasteiger partial charge in [0.15, 0.2) is 0 Å². The van der Waals surface area contributed by atoms with Crippen LogP contribution in [-0.2, 0) is 4.79 Å². The van der Waals surface area contributed by atoms with Crippen molar-refractivity contribution in [3.05, 3.63) is 29.2 Å². The fourth-order valence-electron chi connectivity index (χ4n) is 1.29. The molecule has 0 aliphatic rings. The molecule has 0 unspecified atom stereocenters. The number of hydrogen-bond donors (Lipinski definition) is 1. The van der Waals surface area contributed by atoms with Crippen molar-refractivity contribution in [3.63, 3.8) is 0 Å². The summed E-state index contributed by atoms with van der Waals surface area (Å²) in [6, 6.07) is 3.56. The largest absolute Gasteiger partial charge is 0.408 e. The van der Waals surface area contributed by atoms with Crippen molar-refractivity contribution in [1.29, 1.82) is 0 Å². The summed E-state index contributed by atoms with van der Waals surface area (Å²) < 4.78 is 5.29. The molecule has 0 saturated carbocycles. The van der Waals surface area contributed by atoms with Gasteiger partial charge in [-0.3, -0.25) is 10.1 Å². The molecule has 0 saturated heterocycles. The zero-order valence-electron chi connectivity index (χ0n) is 11.0. The van der Waals surface area contributed by atoms with Crippen molar-refractivity contribution in [3.8, 4) is 0 Å². The molecule has 2 rings (SSSR count). The second-order valence-electron chi connectivity index (χ2n) is 4.23. The number of carbonyl (C=O) groups is 1. The van der Waals surface area contributed by atoms with E-state index in [0.717, 1.165) is 0 Å². The van der Waals surface area contributed by atoms with Gasteiger partial charge in [0.2, 0.25) is 11.8 Å². The first-order chi connectivity index (χ1) is 9.56. The summed E-state index contributed by atoms with van der Waals surface area (Å²) in [7, 11) is 0. The predicted octanol–water partition coefficient (Wildman–Crippen LogP) is 2.97. The van der Waals surface area contributed by atoms with Gasteiger partial charge in [0.1, 0.15) is 5.03 Å². The molecular formula is C12H13ClN4O2S. The Bertz CT molecular complexity index is 603. The van der Waals surface area contributed by atoms with Gasteiger partial charge in [-0.25, -0.2) is 4.98 Å². The second kappa shape index (κ2) is 6.71. The maximum atomic E-state index is 11.7. The molecule has 6 nitrogen and oxygen atoms in total. The highest BCUT2D eigenvalue weighted by atomic mass is 35.5. The van der Waals surface area contributed by atoms with Crippen molar-refractivity contribution in [2.24, 2.45) is 0 Å². The van der Waals surface area contributed by atoms with Crippen molar-refractivity contribution < 1.29 is 9.21 Å². The number of halogens is 1. The molecule has 0 spiro atoms. The molecule has 0 aromatic carbocycles. The van der Waals surface area contributed by atoms with E-state index in [1.165, 1.54) is 11.8 Å². The van der Waals surface area contributed by atoms with Crippen LogP contribution in [-0.4, -0.2) is 26.8 Å². The highest BCUT2D eigenvalue weighted by Gasteiger charge is 2.13. The molecule has 2 aromatic heterocycles. The smallest absolute Gasteiger partial charge is 0.322 e. The normalized spacial score (nSPS) is 10.8. The Morgan fingerprint density at radius 3 is 2.95 bits per heavy atom. The molecule has 0 bridgehead atoms. The summed E-state index contributed by atoms with van der Waals surface area (Å²) in [6.07, 6.45) is 1.62. The van der Waals surface area contributed by atoms with Crippen LogP contribution in [0.5, 0.6) is 0 Å². The summed E-state index contributed by atoms with van der Waals surface area (Å²) >= 11 is 7.19. The Kier molecular flexibility index (Phi) is 4.97. The highest BCUT2D eigenvalue weighted by molar-refractivity contribution is 8.00. The van der Waals surface area contributed by atoms with Crippen LogP contribution in [0.15, 0.2) is 27.8 Å². The predicted molar refractivity (Wildman–Crippen MR) is 77.0 cm³/mol. The van der Waals surface area contributed by atoms with Crippen LogP contribution in [0.3, 0.4) is 0 Å². The molecule has 1 N–H and O–H groups in total. The highest BCUT2D eigenvalue weighted by Crippen LogP contribution is 2.24. The Morgan fingerprint density at radius 1 is 1.50 bits per heavy atom. The molecule has 0 atom stereocenters. The standard InChI is InChI=1S/C12H13ClN4O2S/c1-7(2)10-16-17-12(19-10)15-9(18)6-20-11-8(13)4-3-5-14-11/h3-5,7H,6H2,1-2H3,(H,15,17,18). The average Bonchev–Trinajstić information content (AvgIpc) is 2.86. The van der Waals surface area contributed by atoms with E-state index in [2.05, 4.69) is 20.5 Å². The quantitative estimate of drug-likeness (QED) is 0.855. The van der Waals surface area contributed by atoms with Crippen LogP contribution in [0.1, 0.15) is 25.7 Å². The first-order valence-corrected chi connectivity index (χ1v) is 7.29. The topological polar surface area (TPSA) is 80.9 Å². The third-order valence-corrected chi connectivity index (χ3v) is 3.67. The molecule has 0 aliphatic heterocycles. The SMILES string of the molecule is CC(C)c1nnc(NC(=O)CSc2ncccc2Cl)o1. The molecule has 8 heteroatoms. The van der Waals surface area contributed by atoms with Crippen molar-refractivity contribution in [1.82, 2.24) is 15.2 Å². The van der Waals surface area contributed by atoms with E-state index in [4.69, 9.17) is 16.0 Å². The fourth-order valence-corrected chi connectivity index (χ4v) is 2.25. The Hall–Kier alpha value is -1.60. The summed E-state index contributed by atoms with van der Waals surface area (Å²) in [6.45, 7) is 3.86. The molecule has 2 heterocycles. The fraction of sp³-hybridized carbons (Fsp3) is 0.333. The Balaban J connectivity index is 1.88. The number of anilines is 1. The third kappa shape index (κ3) is 3.94. The lowest BCUT2D eigenvalue weighted by atomic mass is 10.2. The van der Waals surface area contributed by atoms with E-state index in [0.29, 0.717) is 15.9 Å². The van der Waals surface area contributed by atoms with Gasteiger partial charge >= 0.3 is 6.01 Å². The maximum Gasteiger partial charge on any atom is 0.322 e.